The molecule has 1 fully saturated rings. The van der Waals surface area contributed by atoms with Crippen molar-refractivity contribution in [3.05, 3.63) is 57.2 Å². The van der Waals surface area contributed by atoms with Crippen LogP contribution in [0.2, 0.25) is 5.02 Å². The SMILES string of the molecule is CCOC(=O)C1CCCN(C(=O)CC2=CSC3=NC(C)=C(C(=O)OC)C(c4cccc(Cl)c4)N23)C1. The van der Waals surface area contributed by atoms with Crippen LogP contribution < -0.4 is 0 Å². The van der Waals surface area contributed by atoms with Gasteiger partial charge in [-0.05, 0) is 49.8 Å². The van der Waals surface area contributed by atoms with E-state index in [0.29, 0.717) is 47.6 Å². The van der Waals surface area contributed by atoms with Crippen molar-refractivity contribution in [1.29, 1.82) is 0 Å². The van der Waals surface area contributed by atoms with Crippen LogP contribution in [0, 0.1) is 5.92 Å². The molecule has 3 aliphatic rings. The highest BCUT2D eigenvalue weighted by atomic mass is 35.5. The quantitative estimate of drug-likeness (QED) is 0.520. The number of carbonyl (C=O) groups excluding carboxylic acids is 3. The number of amidine groups is 1. The Kier molecular flexibility index (Phi) is 7.86. The zero-order valence-corrected chi connectivity index (χ0v) is 21.5. The predicted octanol–water partition coefficient (Wildman–Crippen LogP) is 4.28. The lowest BCUT2D eigenvalue weighted by Crippen LogP contribution is -2.44. The van der Waals surface area contributed by atoms with Crippen LogP contribution in [0.15, 0.2) is 51.6 Å². The Morgan fingerprint density at radius 1 is 1.29 bits per heavy atom. The molecule has 0 spiro atoms. The molecule has 2 atom stereocenters. The lowest BCUT2D eigenvalue weighted by Gasteiger charge is -2.37. The van der Waals surface area contributed by atoms with Gasteiger partial charge in [0.15, 0.2) is 5.17 Å². The number of methoxy groups -OCH3 is 1. The first kappa shape index (κ1) is 25.3. The summed E-state index contributed by atoms with van der Waals surface area (Å²) in [5.41, 5.74) is 2.50. The third-order valence-electron chi connectivity index (χ3n) is 6.30. The number of nitrogens with zero attached hydrogens (tertiary/aromatic N) is 3. The van der Waals surface area contributed by atoms with Crippen LogP contribution in [0.5, 0.6) is 0 Å². The van der Waals surface area contributed by atoms with Gasteiger partial charge < -0.3 is 19.3 Å². The molecule has 3 aliphatic heterocycles. The maximum absolute atomic E-state index is 13.3. The number of halogens is 1. The first-order chi connectivity index (χ1) is 16.8. The van der Waals surface area contributed by atoms with E-state index in [2.05, 4.69) is 4.99 Å². The first-order valence-electron chi connectivity index (χ1n) is 11.6. The number of piperidine rings is 1. The number of rotatable bonds is 6. The Balaban J connectivity index is 1.60. The Morgan fingerprint density at radius 2 is 2.09 bits per heavy atom. The number of likely N-dealkylation sites (tertiary alicyclic amines) is 1. The second kappa shape index (κ2) is 10.9. The lowest BCUT2D eigenvalue weighted by molar-refractivity contribution is -0.151. The van der Waals surface area contributed by atoms with E-state index in [0.717, 1.165) is 17.7 Å². The van der Waals surface area contributed by atoms with E-state index in [4.69, 9.17) is 21.1 Å². The van der Waals surface area contributed by atoms with Crippen molar-refractivity contribution in [3.8, 4) is 0 Å². The summed E-state index contributed by atoms with van der Waals surface area (Å²) < 4.78 is 10.3. The highest BCUT2D eigenvalue weighted by Gasteiger charge is 2.41. The number of aliphatic imine (C=N–C) groups is 1. The largest absolute Gasteiger partial charge is 0.466 e. The Bertz CT molecular complexity index is 1130. The fraction of sp³-hybridized carbons (Fsp3) is 0.440. The van der Waals surface area contributed by atoms with Gasteiger partial charge >= 0.3 is 11.9 Å². The molecular weight excluding hydrogens is 490 g/mol. The molecule has 4 rings (SSSR count). The van der Waals surface area contributed by atoms with E-state index in [1.165, 1.54) is 18.9 Å². The van der Waals surface area contributed by atoms with Crippen molar-refractivity contribution in [2.45, 2.75) is 39.2 Å². The van der Waals surface area contributed by atoms with E-state index in [1.54, 1.807) is 24.8 Å². The number of thioether (sulfide) groups is 1. The number of hydrogen-bond acceptors (Lipinski definition) is 8. The average Bonchev–Trinajstić information content (AvgIpc) is 3.24. The van der Waals surface area contributed by atoms with E-state index in [9.17, 15) is 14.4 Å². The second-order valence-electron chi connectivity index (χ2n) is 8.55. The van der Waals surface area contributed by atoms with Gasteiger partial charge in [-0.15, -0.1) is 0 Å². The van der Waals surface area contributed by atoms with Gasteiger partial charge in [0.1, 0.15) is 0 Å². The van der Waals surface area contributed by atoms with Gasteiger partial charge in [-0.25, -0.2) is 9.79 Å². The molecule has 0 radical (unpaired) electrons. The minimum atomic E-state index is -0.531. The summed E-state index contributed by atoms with van der Waals surface area (Å²) in [5.74, 6) is -1.12. The van der Waals surface area contributed by atoms with E-state index < -0.39 is 12.0 Å². The van der Waals surface area contributed by atoms with Gasteiger partial charge in [-0.3, -0.25) is 9.59 Å². The molecule has 0 saturated carbocycles. The Labute approximate surface area is 214 Å². The Hall–Kier alpha value is -2.78. The van der Waals surface area contributed by atoms with Crippen molar-refractivity contribution in [1.82, 2.24) is 9.80 Å². The molecule has 1 amide bonds. The molecule has 0 N–H and O–H groups in total. The average molecular weight is 518 g/mol. The van der Waals surface area contributed by atoms with E-state index in [1.807, 2.05) is 28.5 Å². The lowest BCUT2D eigenvalue weighted by atomic mass is 9.93. The second-order valence-corrected chi connectivity index (χ2v) is 9.82. The number of carbonyl (C=O) groups is 3. The van der Waals surface area contributed by atoms with Crippen LogP contribution >= 0.6 is 23.4 Å². The molecule has 35 heavy (non-hydrogen) atoms. The van der Waals surface area contributed by atoms with Crippen molar-refractivity contribution in [2.24, 2.45) is 10.9 Å². The van der Waals surface area contributed by atoms with Crippen LogP contribution in [0.4, 0.5) is 0 Å². The van der Waals surface area contributed by atoms with Crippen molar-refractivity contribution < 1.29 is 23.9 Å². The molecule has 0 aromatic heterocycles. The zero-order valence-electron chi connectivity index (χ0n) is 20.0. The third kappa shape index (κ3) is 5.26. The summed E-state index contributed by atoms with van der Waals surface area (Å²) in [6.07, 6.45) is 1.58. The molecule has 3 heterocycles. The normalized spacial score (nSPS) is 21.8. The number of ether oxygens (including phenoxy) is 2. The van der Waals surface area contributed by atoms with Gasteiger partial charge in [-0.1, -0.05) is 35.5 Å². The van der Waals surface area contributed by atoms with Crippen molar-refractivity contribution in [3.63, 3.8) is 0 Å². The monoisotopic (exact) mass is 517 g/mol. The molecule has 1 aromatic carbocycles. The summed E-state index contributed by atoms with van der Waals surface area (Å²) in [6.45, 7) is 4.83. The van der Waals surface area contributed by atoms with E-state index >= 15 is 0 Å². The number of hydrogen-bond donors (Lipinski definition) is 0. The molecule has 0 bridgehead atoms. The van der Waals surface area contributed by atoms with Gasteiger partial charge in [0.2, 0.25) is 5.91 Å². The summed E-state index contributed by atoms with van der Waals surface area (Å²) in [4.78, 5) is 46.6. The molecule has 10 heteroatoms. The number of esters is 2. The van der Waals surface area contributed by atoms with E-state index in [-0.39, 0.29) is 24.2 Å². The fourth-order valence-corrected chi connectivity index (χ4v) is 5.82. The van der Waals surface area contributed by atoms with Crippen LogP contribution in [0.3, 0.4) is 0 Å². The number of fused-ring (bicyclic) bond motifs is 1. The minimum Gasteiger partial charge on any atom is -0.466 e. The maximum atomic E-state index is 13.3. The van der Waals surface area contributed by atoms with Crippen LogP contribution in [0.25, 0.3) is 0 Å². The molecule has 0 aliphatic carbocycles. The number of allylic oxidation sites excluding steroid dienone is 1. The summed E-state index contributed by atoms with van der Waals surface area (Å²) in [5, 5.41) is 3.13. The first-order valence-corrected chi connectivity index (χ1v) is 12.8. The zero-order chi connectivity index (χ0) is 25.1. The van der Waals surface area contributed by atoms with Gasteiger partial charge in [-0.2, -0.15) is 0 Å². The standard InChI is InChI=1S/C25H28ClN3O5S/c1-4-34-23(31)17-8-6-10-28(13-17)20(30)12-19-14-35-25-27-15(2)21(24(32)33-3)22(29(19)25)16-7-5-9-18(26)11-16/h5,7,9,11,14,17,22H,4,6,8,10,12-13H2,1-3H3. The molecule has 8 nitrogen and oxygen atoms in total. The van der Waals surface area contributed by atoms with Gasteiger partial charge in [0, 0.05) is 23.8 Å². The summed E-state index contributed by atoms with van der Waals surface area (Å²) >= 11 is 7.70. The Morgan fingerprint density at radius 3 is 2.80 bits per heavy atom. The molecule has 1 aromatic rings. The van der Waals surface area contributed by atoms with Crippen molar-refractivity contribution in [2.75, 3.05) is 26.8 Å². The highest BCUT2D eigenvalue weighted by Crippen LogP contribution is 2.45. The van der Waals surface area contributed by atoms with Crippen LogP contribution in [-0.2, 0) is 23.9 Å². The van der Waals surface area contributed by atoms with Crippen LogP contribution in [-0.4, -0.2) is 59.6 Å². The smallest absolute Gasteiger partial charge is 0.338 e. The molecule has 2 unspecified atom stereocenters. The van der Waals surface area contributed by atoms with Crippen LogP contribution in [0.1, 0.15) is 44.7 Å². The summed E-state index contributed by atoms with van der Waals surface area (Å²) in [6, 6.07) is 6.77. The predicted molar refractivity (Wildman–Crippen MR) is 134 cm³/mol. The summed E-state index contributed by atoms with van der Waals surface area (Å²) in [7, 11) is 1.34. The fourth-order valence-electron chi connectivity index (χ4n) is 4.66. The minimum absolute atomic E-state index is 0.0807. The topological polar surface area (TPSA) is 88.5 Å². The molecule has 1 saturated heterocycles. The molecular formula is C25H28ClN3O5S. The number of benzene rings is 1. The van der Waals surface area contributed by atoms with Gasteiger partial charge in [0.05, 0.1) is 43.4 Å². The third-order valence-corrected chi connectivity index (χ3v) is 7.42. The highest BCUT2D eigenvalue weighted by molar-refractivity contribution is 8.16. The molecule has 186 valence electrons. The number of amides is 1. The maximum Gasteiger partial charge on any atom is 0.338 e. The van der Waals surface area contributed by atoms with Gasteiger partial charge in [0.25, 0.3) is 0 Å². The van der Waals surface area contributed by atoms with Crippen molar-refractivity contribution >= 4 is 46.4 Å².